The molecule has 0 bridgehead atoms. The molecule has 2 aromatic rings. The smallest absolute Gasteiger partial charge is 0.306 e. The molecule has 1 heterocycles. The third kappa shape index (κ3) is 5.08. The first-order valence-corrected chi connectivity index (χ1v) is 7.08. The summed E-state index contributed by atoms with van der Waals surface area (Å²) in [4.78, 5) is 23.1. The number of benzene rings is 1. The third-order valence-corrected chi connectivity index (χ3v) is 3.24. The zero-order valence-electron chi connectivity index (χ0n) is 11.5. The number of pyridine rings is 1. The number of aryl methyl sites for hydroxylation is 1. The zero-order chi connectivity index (χ0) is 15.1. The van der Waals surface area contributed by atoms with Gasteiger partial charge in [0.05, 0.1) is 6.54 Å². The normalized spacial score (nSPS) is 10.3. The van der Waals surface area contributed by atoms with Crippen molar-refractivity contribution in [3.8, 4) is 0 Å². The molecule has 110 valence electrons. The highest BCUT2D eigenvalue weighted by Crippen LogP contribution is 2.12. The van der Waals surface area contributed by atoms with E-state index in [0.29, 0.717) is 24.4 Å². The molecule has 1 aromatic heterocycles. The van der Waals surface area contributed by atoms with Crippen LogP contribution in [0, 0.1) is 0 Å². The number of carbonyl (C=O) groups is 1. The Kier molecular flexibility index (Phi) is 5.58. The van der Waals surface area contributed by atoms with Gasteiger partial charge in [0.1, 0.15) is 6.61 Å². The summed E-state index contributed by atoms with van der Waals surface area (Å²) in [7, 11) is 0. The van der Waals surface area contributed by atoms with Crippen molar-refractivity contribution in [1.82, 2.24) is 4.57 Å². The lowest BCUT2D eigenvalue weighted by molar-refractivity contribution is -0.143. The molecule has 0 radical (unpaired) electrons. The van der Waals surface area contributed by atoms with Crippen molar-refractivity contribution in [1.29, 1.82) is 0 Å². The summed E-state index contributed by atoms with van der Waals surface area (Å²) in [5.74, 6) is -0.279. The largest absolute Gasteiger partial charge is 0.464 e. The van der Waals surface area contributed by atoms with Crippen LogP contribution >= 0.6 is 11.6 Å². The van der Waals surface area contributed by atoms with Crippen molar-refractivity contribution in [2.24, 2.45) is 0 Å². The molecule has 0 aliphatic carbocycles. The summed E-state index contributed by atoms with van der Waals surface area (Å²) in [5, 5.41) is 0.657. The van der Waals surface area contributed by atoms with Gasteiger partial charge in [0.25, 0.3) is 5.56 Å². The van der Waals surface area contributed by atoms with E-state index in [4.69, 9.17) is 16.3 Å². The number of ether oxygens (including phenoxy) is 1. The van der Waals surface area contributed by atoms with Gasteiger partial charge in [-0.05, 0) is 30.2 Å². The Morgan fingerprint density at radius 2 is 2.05 bits per heavy atom. The van der Waals surface area contributed by atoms with Crippen molar-refractivity contribution in [3.63, 3.8) is 0 Å². The van der Waals surface area contributed by atoms with Crippen LogP contribution in [0.2, 0.25) is 5.02 Å². The van der Waals surface area contributed by atoms with Crippen LogP contribution in [0.25, 0.3) is 0 Å². The van der Waals surface area contributed by atoms with Gasteiger partial charge in [0.2, 0.25) is 0 Å². The van der Waals surface area contributed by atoms with Gasteiger partial charge in [-0.3, -0.25) is 9.59 Å². The quantitative estimate of drug-likeness (QED) is 0.771. The number of aromatic nitrogens is 1. The van der Waals surface area contributed by atoms with Crippen molar-refractivity contribution in [3.05, 3.63) is 69.6 Å². The topological polar surface area (TPSA) is 48.3 Å². The molecule has 2 rings (SSSR count). The zero-order valence-corrected chi connectivity index (χ0v) is 12.3. The van der Waals surface area contributed by atoms with E-state index < -0.39 is 0 Å². The number of rotatable bonds is 6. The van der Waals surface area contributed by atoms with E-state index in [1.165, 1.54) is 10.6 Å². The van der Waals surface area contributed by atoms with E-state index in [1.807, 2.05) is 18.2 Å². The molecule has 0 N–H and O–H groups in total. The highest BCUT2D eigenvalue weighted by molar-refractivity contribution is 6.30. The number of hydrogen-bond donors (Lipinski definition) is 0. The van der Waals surface area contributed by atoms with E-state index in [2.05, 4.69) is 0 Å². The van der Waals surface area contributed by atoms with Crippen LogP contribution in [0.4, 0.5) is 0 Å². The Hall–Kier alpha value is -2.07. The van der Waals surface area contributed by atoms with Gasteiger partial charge in [-0.25, -0.2) is 0 Å². The van der Waals surface area contributed by atoms with Crippen LogP contribution in [0.3, 0.4) is 0 Å². The summed E-state index contributed by atoms with van der Waals surface area (Å²) in [6.07, 6.45) is 2.55. The average molecular weight is 306 g/mol. The van der Waals surface area contributed by atoms with Crippen LogP contribution in [-0.2, 0) is 22.5 Å². The summed E-state index contributed by atoms with van der Waals surface area (Å²) in [5.41, 5.74) is 0.895. The second-order valence-corrected chi connectivity index (χ2v) is 5.02. The molecular weight excluding hydrogens is 290 g/mol. The van der Waals surface area contributed by atoms with Gasteiger partial charge in [0.15, 0.2) is 0 Å². The van der Waals surface area contributed by atoms with Crippen LogP contribution in [0.1, 0.15) is 12.0 Å². The molecule has 0 fully saturated rings. The average Bonchev–Trinajstić information content (AvgIpc) is 2.47. The van der Waals surface area contributed by atoms with E-state index in [1.54, 1.807) is 24.4 Å². The molecule has 0 saturated carbocycles. The second kappa shape index (κ2) is 7.64. The first-order chi connectivity index (χ1) is 10.1. The molecule has 0 saturated heterocycles. The molecule has 4 nitrogen and oxygen atoms in total. The van der Waals surface area contributed by atoms with Crippen LogP contribution in [-0.4, -0.2) is 17.1 Å². The molecule has 1 aromatic carbocycles. The standard InChI is InChI=1S/C16H16ClNO3/c17-14-5-3-4-13(12-14)7-8-16(20)21-11-10-18-9-2-1-6-15(18)19/h1-6,9,12H,7-8,10-11H2. The maximum Gasteiger partial charge on any atom is 0.306 e. The number of esters is 1. The molecule has 0 amide bonds. The van der Waals surface area contributed by atoms with Crippen LogP contribution in [0.5, 0.6) is 0 Å². The number of carbonyl (C=O) groups excluding carboxylic acids is 1. The Labute approximate surface area is 127 Å². The second-order valence-electron chi connectivity index (χ2n) is 4.58. The molecule has 0 atom stereocenters. The van der Waals surface area contributed by atoms with Crippen molar-refractivity contribution >= 4 is 17.6 Å². The predicted octanol–water partition coefficient (Wildman–Crippen LogP) is 2.68. The number of nitrogens with zero attached hydrogens (tertiary/aromatic N) is 1. The van der Waals surface area contributed by atoms with Crippen molar-refractivity contribution < 1.29 is 9.53 Å². The van der Waals surface area contributed by atoms with E-state index >= 15 is 0 Å². The Balaban J connectivity index is 1.73. The lowest BCUT2D eigenvalue weighted by atomic mass is 10.1. The van der Waals surface area contributed by atoms with Gasteiger partial charge in [0, 0.05) is 23.7 Å². The lowest BCUT2D eigenvalue weighted by Gasteiger charge is -2.07. The number of halogens is 1. The monoisotopic (exact) mass is 305 g/mol. The van der Waals surface area contributed by atoms with Gasteiger partial charge < -0.3 is 9.30 Å². The molecule has 0 aliphatic rings. The van der Waals surface area contributed by atoms with E-state index in [9.17, 15) is 9.59 Å². The van der Waals surface area contributed by atoms with Gasteiger partial charge in [-0.2, -0.15) is 0 Å². The van der Waals surface area contributed by atoms with Crippen LogP contribution in [0.15, 0.2) is 53.5 Å². The lowest BCUT2D eigenvalue weighted by Crippen LogP contribution is -2.21. The number of hydrogen-bond acceptors (Lipinski definition) is 3. The third-order valence-electron chi connectivity index (χ3n) is 3.00. The minimum Gasteiger partial charge on any atom is -0.464 e. The maximum absolute atomic E-state index is 11.6. The molecule has 0 unspecified atom stereocenters. The summed E-state index contributed by atoms with van der Waals surface area (Å²) < 4.78 is 6.63. The van der Waals surface area contributed by atoms with Gasteiger partial charge >= 0.3 is 5.97 Å². The van der Waals surface area contributed by atoms with Crippen molar-refractivity contribution in [2.45, 2.75) is 19.4 Å². The van der Waals surface area contributed by atoms with Gasteiger partial charge in [-0.15, -0.1) is 0 Å². The minimum atomic E-state index is -0.279. The van der Waals surface area contributed by atoms with Gasteiger partial charge in [-0.1, -0.05) is 29.8 Å². The summed E-state index contributed by atoms with van der Waals surface area (Å²) >= 11 is 5.88. The van der Waals surface area contributed by atoms with E-state index in [-0.39, 0.29) is 18.1 Å². The summed E-state index contributed by atoms with van der Waals surface area (Å²) in [6.45, 7) is 0.556. The molecule has 0 aliphatic heterocycles. The fraction of sp³-hybridized carbons (Fsp3) is 0.250. The highest BCUT2D eigenvalue weighted by Gasteiger charge is 2.04. The maximum atomic E-state index is 11.6. The molecule has 21 heavy (non-hydrogen) atoms. The van der Waals surface area contributed by atoms with Crippen LogP contribution < -0.4 is 5.56 Å². The molecular formula is C16H16ClNO3. The summed E-state index contributed by atoms with van der Waals surface area (Å²) in [6, 6.07) is 12.3. The Morgan fingerprint density at radius 1 is 1.19 bits per heavy atom. The Morgan fingerprint density at radius 3 is 2.81 bits per heavy atom. The predicted molar refractivity (Wildman–Crippen MR) is 81.4 cm³/mol. The fourth-order valence-corrected chi connectivity index (χ4v) is 2.13. The molecule has 5 heteroatoms. The van der Waals surface area contributed by atoms with Crippen molar-refractivity contribution in [2.75, 3.05) is 6.61 Å². The SMILES string of the molecule is O=C(CCc1cccc(Cl)c1)OCCn1ccccc1=O. The molecule has 0 spiro atoms. The highest BCUT2D eigenvalue weighted by atomic mass is 35.5. The van der Waals surface area contributed by atoms with E-state index in [0.717, 1.165) is 5.56 Å². The first-order valence-electron chi connectivity index (χ1n) is 6.71. The Bertz CT molecular complexity index is 666. The fourth-order valence-electron chi connectivity index (χ4n) is 1.91. The first kappa shape index (κ1) is 15.3. The minimum absolute atomic E-state index is 0.104.